The molecule has 84 valence electrons. The zero-order valence-electron chi connectivity index (χ0n) is 9.25. The molecule has 0 aliphatic heterocycles. The van der Waals surface area contributed by atoms with E-state index in [1.54, 1.807) is 7.05 Å². The molecule has 0 radical (unpaired) electrons. The van der Waals surface area contributed by atoms with Crippen LogP contribution in [0.4, 0.5) is 0 Å². The van der Waals surface area contributed by atoms with Crippen molar-refractivity contribution in [3.05, 3.63) is 0 Å². The van der Waals surface area contributed by atoms with Gasteiger partial charge in [0, 0.05) is 6.61 Å². The number of rotatable bonds is 8. The summed E-state index contributed by atoms with van der Waals surface area (Å²) in [6, 6.07) is -0.589. The van der Waals surface area contributed by atoms with Crippen molar-refractivity contribution in [1.82, 2.24) is 5.32 Å². The summed E-state index contributed by atoms with van der Waals surface area (Å²) in [5, 5.41) is 11.4. The van der Waals surface area contributed by atoms with Gasteiger partial charge in [-0.1, -0.05) is 13.8 Å². The fourth-order valence-electron chi connectivity index (χ4n) is 1.07. The van der Waals surface area contributed by atoms with Crippen molar-refractivity contribution < 1.29 is 14.6 Å². The van der Waals surface area contributed by atoms with E-state index in [0.717, 1.165) is 12.8 Å². The van der Waals surface area contributed by atoms with Crippen LogP contribution >= 0.6 is 0 Å². The van der Waals surface area contributed by atoms with E-state index in [1.807, 2.05) is 0 Å². The second-order valence-electron chi connectivity index (χ2n) is 3.79. The van der Waals surface area contributed by atoms with Crippen molar-refractivity contribution in [1.29, 1.82) is 0 Å². The zero-order chi connectivity index (χ0) is 11.0. The number of hydrogen-bond donors (Lipinski definition) is 2. The standard InChI is InChI=1S/C10H21NO3/c1-8(2)5-4-6-14-7-9(11-3)10(12)13/h8-9,11H,4-7H2,1-3H3,(H,12,13). The highest BCUT2D eigenvalue weighted by molar-refractivity contribution is 5.73. The number of carboxylic acid groups (broad SMARTS) is 1. The summed E-state index contributed by atoms with van der Waals surface area (Å²) in [5.41, 5.74) is 0. The molecule has 1 unspecified atom stereocenters. The first-order valence-corrected chi connectivity index (χ1v) is 5.05. The SMILES string of the molecule is CNC(COCCCC(C)C)C(=O)O. The molecule has 2 N–H and O–H groups in total. The van der Waals surface area contributed by atoms with Crippen LogP contribution in [0.5, 0.6) is 0 Å². The first-order chi connectivity index (χ1) is 6.57. The van der Waals surface area contributed by atoms with Gasteiger partial charge in [-0.3, -0.25) is 4.79 Å². The Morgan fingerprint density at radius 2 is 2.14 bits per heavy atom. The Labute approximate surface area is 85.6 Å². The molecule has 0 aliphatic rings. The average Bonchev–Trinajstić information content (AvgIpc) is 2.10. The molecule has 0 spiro atoms. The summed E-state index contributed by atoms with van der Waals surface area (Å²) in [4.78, 5) is 10.6. The first-order valence-electron chi connectivity index (χ1n) is 5.05. The highest BCUT2D eigenvalue weighted by Crippen LogP contribution is 2.03. The van der Waals surface area contributed by atoms with Gasteiger partial charge in [-0.15, -0.1) is 0 Å². The molecular formula is C10H21NO3. The molecule has 0 saturated heterocycles. The van der Waals surface area contributed by atoms with Crippen LogP contribution in [0.3, 0.4) is 0 Å². The zero-order valence-corrected chi connectivity index (χ0v) is 9.25. The summed E-state index contributed by atoms with van der Waals surface area (Å²) in [6.07, 6.45) is 2.12. The van der Waals surface area contributed by atoms with E-state index < -0.39 is 12.0 Å². The maximum atomic E-state index is 10.6. The van der Waals surface area contributed by atoms with Gasteiger partial charge in [0.2, 0.25) is 0 Å². The Hall–Kier alpha value is -0.610. The minimum absolute atomic E-state index is 0.240. The molecule has 0 rings (SSSR count). The van der Waals surface area contributed by atoms with Crippen molar-refractivity contribution in [2.45, 2.75) is 32.7 Å². The Bertz CT molecular complexity index is 159. The molecule has 0 bridgehead atoms. The van der Waals surface area contributed by atoms with Crippen molar-refractivity contribution in [2.24, 2.45) is 5.92 Å². The van der Waals surface area contributed by atoms with Crippen LogP contribution in [0.25, 0.3) is 0 Å². The van der Waals surface area contributed by atoms with Gasteiger partial charge in [0.25, 0.3) is 0 Å². The lowest BCUT2D eigenvalue weighted by Crippen LogP contribution is -2.38. The highest BCUT2D eigenvalue weighted by atomic mass is 16.5. The van der Waals surface area contributed by atoms with E-state index >= 15 is 0 Å². The van der Waals surface area contributed by atoms with Crippen LogP contribution in [0.1, 0.15) is 26.7 Å². The molecule has 0 aliphatic carbocycles. The number of carbonyl (C=O) groups is 1. The van der Waals surface area contributed by atoms with Crippen LogP contribution in [0.15, 0.2) is 0 Å². The van der Waals surface area contributed by atoms with E-state index in [2.05, 4.69) is 19.2 Å². The second-order valence-corrected chi connectivity index (χ2v) is 3.79. The normalized spacial score (nSPS) is 13.1. The Kier molecular flexibility index (Phi) is 7.42. The molecule has 0 aromatic heterocycles. The third-order valence-corrected chi connectivity index (χ3v) is 2.00. The Balaban J connectivity index is 3.38. The number of likely N-dealkylation sites (N-methyl/N-ethyl adjacent to an activating group) is 1. The Morgan fingerprint density at radius 1 is 1.50 bits per heavy atom. The molecule has 0 aromatic rings. The van der Waals surface area contributed by atoms with Gasteiger partial charge in [-0.05, 0) is 25.8 Å². The lowest BCUT2D eigenvalue weighted by Gasteiger charge is -2.11. The second kappa shape index (κ2) is 7.76. The maximum absolute atomic E-state index is 10.6. The predicted molar refractivity (Wildman–Crippen MR) is 55.4 cm³/mol. The van der Waals surface area contributed by atoms with Crippen molar-refractivity contribution in [3.8, 4) is 0 Å². The summed E-state index contributed by atoms with van der Waals surface area (Å²) >= 11 is 0. The molecule has 4 nitrogen and oxygen atoms in total. The van der Waals surface area contributed by atoms with Gasteiger partial charge >= 0.3 is 5.97 Å². The first kappa shape index (κ1) is 13.4. The molecule has 4 heteroatoms. The smallest absolute Gasteiger partial charge is 0.323 e. The van der Waals surface area contributed by atoms with Crippen LogP contribution in [0, 0.1) is 5.92 Å². The van der Waals surface area contributed by atoms with Crippen molar-refractivity contribution in [3.63, 3.8) is 0 Å². The molecule has 1 atom stereocenters. The van der Waals surface area contributed by atoms with Gasteiger partial charge < -0.3 is 15.2 Å². The topological polar surface area (TPSA) is 58.6 Å². The lowest BCUT2D eigenvalue weighted by molar-refractivity contribution is -0.141. The van der Waals surface area contributed by atoms with Gasteiger partial charge in [-0.2, -0.15) is 0 Å². The van der Waals surface area contributed by atoms with Crippen molar-refractivity contribution in [2.75, 3.05) is 20.3 Å². The van der Waals surface area contributed by atoms with Gasteiger partial charge in [-0.25, -0.2) is 0 Å². The number of ether oxygens (including phenoxy) is 1. The van der Waals surface area contributed by atoms with Crippen LogP contribution in [-0.4, -0.2) is 37.4 Å². The van der Waals surface area contributed by atoms with E-state index in [9.17, 15) is 4.79 Å². The summed E-state index contributed by atoms with van der Waals surface area (Å²) in [6.45, 7) is 5.20. The summed E-state index contributed by atoms with van der Waals surface area (Å²) in [7, 11) is 1.62. The minimum Gasteiger partial charge on any atom is -0.480 e. The van der Waals surface area contributed by atoms with E-state index in [1.165, 1.54) is 0 Å². The molecule has 0 aromatic carbocycles. The number of nitrogens with one attached hydrogen (secondary N) is 1. The molecule has 14 heavy (non-hydrogen) atoms. The van der Waals surface area contributed by atoms with E-state index in [0.29, 0.717) is 12.5 Å². The predicted octanol–water partition coefficient (Wildman–Crippen LogP) is 1.11. The largest absolute Gasteiger partial charge is 0.480 e. The molecular weight excluding hydrogens is 182 g/mol. The van der Waals surface area contributed by atoms with Gasteiger partial charge in [0.05, 0.1) is 6.61 Å². The summed E-state index contributed by atoms with van der Waals surface area (Å²) in [5.74, 6) is -0.186. The van der Waals surface area contributed by atoms with Gasteiger partial charge in [0.15, 0.2) is 0 Å². The fourth-order valence-corrected chi connectivity index (χ4v) is 1.07. The van der Waals surface area contributed by atoms with E-state index in [4.69, 9.17) is 9.84 Å². The molecule has 0 saturated carbocycles. The van der Waals surface area contributed by atoms with Crippen LogP contribution in [0.2, 0.25) is 0 Å². The molecule has 0 heterocycles. The lowest BCUT2D eigenvalue weighted by atomic mass is 10.1. The average molecular weight is 203 g/mol. The van der Waals surface area contributed by atoms with E-state index in [-0.39, 0.29) is 6.61 Å². The Morgan fingerprint density at radius 3 is 2.57 bits per heavy atom. The molecule has 0 amide bonds. The van der Waals surface area contributed by atoms with Gasteiger partial charge in [0.1, 0.15) is 6.04 Å². The van der Waals surface area contributed by atoms with Crippen molar-refractivity contribution >= 4 is 5.97 Å². The number of hydrogen-bond acceptors (Lipinski definition) is 3. The fraction of sp³-hybridized carbons (Fsp3) is 0.900. The number of carboxylic acids is 1. The summed E-state index contributed by atoms with van der Waals surface area (Å²) < 4.78 is 5.26. The number of aliphatic carboxylic acids is 1. The third kappa shape index (κ3) is 6.86. The minimum atomic E-state index is -0.864. The molecule has 0 fully saturated rings. The monoisotopic (exact) mass is 203 g/mol. The van der Waals surface area contributed by atoms with Crippen LogP contribution < -0.4 is 5.32 Å². The quantitative estimate of drug-likeness (QED) is 0.580. The third-order valence-electron chi connectivity index (χ3n) is 2.00. The maximum Gasteiger partial charge on any atom is 0.323 e. The van der Waals surface area contributed by atoms with Crippen LogP contribution in [-0.2, 0) is 9.53 Å². The highest BCUT2D eigenvalue weighted by Gasteiger charge is 2.13.